The molecule has 0 spiro atoms. The lowest BCUT2D eigenvalue weighted by Crippen LogP contribution is -2.43. The van der Waals surface area contributed by atoms with Crippen LogP contribution < -0.4 is 5.32 Å². The fourth-order valence-corrected chi connectivity index (χ4v) is 4.45. The third-order valence-corrected chi connectivity index (χ3v) is 6.03. The summed E-state index contributed by atoms with van der Waals surface area (Å²) in [6.07, 6.45) is -1.35. The zero-order valence-corrected chi connectivity index (χ0v) is 17.3. The second-order valence-electron chi connectivity index (χ2n) is 7.60. The normalized spacial score (nSPS) is 23.0. The standard InChI is InChI=1S/C18H21N3O2S.C2HF3O2/c22-17(15-3-5-24-10-15)20-11-18-12-21(8-16(18)9-23-13-18)7-14-2-1-4-19-6-14;3-2(4,5)1(6)7/h1-6,10,16H,7-9,11-13H2,(H,20,22);(H,6,7)/t16-,18+;/m1./s1. The van der Waals surface area contributed by atoms with Crippen molar-refractivity contribution in [2.24, 2.45) is 11.3 Å². The minimum atomic E-state index is -5.08. The number of nitrogens with one attached hydrogen (secondary N) is 1. The molecular formula is C20H22F3N3O4S. The fraction of sp³-hybridized carbons (Fsp3) is 0.450. The molecule has 2 aliphatic heterocycles. The van der Waals surface area contributed by atoms with Gasteiger partial charge in [-0.2, -0.15) is 24.5 Å². The van der Waals surface area contributed by atoms with E-state index >= 15 is 0 Å². The summed E-state index contributed by atoms with van der Waals surface area (Å²) >= 11 is 1.55. The molecular weight excluding hydrogens is 435 g/mol. The van der Waals surface area contributed by atoms with Crippen LogP contribution in [0.4, 0.5) is 13.2 Å². The number of fused-ring (bicyclic) bond motifs is 1. The molecule has 11 heteroatoms. The first-order chi connectivity index (χ1) is 14.7. The zero-order valence-electron chi connectivity index (χ0n) is 16.5. The molecule has 0 saturated carbocycles. The van der Waals surface area contributed by atoms with Crippen LogP contribution in [0, 0.1) is 11.3 Å². The number of rotatable bonds is 5. The number of aromatic nitrogens is 1. The predicted molar refractivity (Wildman–Crippen MR) is 107 cm³/mol. The largest absolute Gasteiger partial charge is 0.490 e. The van der Waals surface area contributed by atoms with Crippen LogP contribution in [0.25, 0.3) is 0 Å². The molecule has 31 heavy (non-hydrogen) atoms. The number of hydrogen-bond acceptors (Lipinski definition) is 6. The van der Waals surface area contributed by atoms with Crippen molar-refractivity contribution in [1.29, 1.82) is 0 Å². The molecule has 0 bridgehead atoms. The Morgan fingerprint density at radius 2 is 2.16 bits per heavy atom. The average Bonchev–Trinajstić information content (AvgIpc) is 3.43. The number of alkyl halides is 3. The van der Waals surface area contributed by atoms with Gasteiger partial charge >= 0.3 is 12.1 Å². The van der Waals surface area contributed by atoms with Crippen molar-refractivity contribution in [3.63, 3.8) is 0 Å². The summed E-state index contributed by atoms with van der Waals surface area (Å²) in [6, 6.07) is 5.96. The fourth-order valence-electron chi connectivity index (χ4n) is 3.82. The lowest BCUT2D eigenvalue weighted by molar-refractivity contribution is -0.192. The van der Waals surface area contributed by atoms with Gasteiger partial charge in [-0.1, -0.05) is 6.07 Å². The molecule has 2 aromatic heterocycles. The van der Waals surface area contributed by atoms with E-state index in [1.54, 1.807) is 17.5 Å². The first-order valence-corrected chi connectivity index (χ1v) is 10.4. The smallest absolute Gasteiger partial charge is 0.475 e. The first-order valence-electron chi connectivity index (χ1n) is 9.49. The molecule has 2 aliphatic rings. The summed E-state index contributed by atoms with van der Waals surface area (Å²) in [6.45, 7) is 5.07. The topological polar surface area (TPSA) is 91.8 Å². The highest BCUT2D eigenvalue weighted by Crippen LogP contribution is 2.41. The van der Waals surface area contributed by atoms with Crippen LogP contribution in [-0.2, 0) is 16.1 Å². The number of carboxylic acids is 1. The summed E-state index contributed by atoms with van der Waals surface area (Å²) in [4.78, 5) is 27.8. The van der Waals surface area contributed by atoms with E-state index in [9.17, 15) is 18.0 Å². The van der Waals surface area contributed by atoms with Crippen molar-refractivity contribution in [2.75, 3.05) is 32.8 Å². The average molecular weight is 457 g/mol. The second kappa shape index (κ2) is 9.75. The van der Waals surface area contributed by atoms with Gasteiger partial charge in [-0.05, 0) is 23.1 Å². The maximum atomic E-state index is 12.3. The number of aliphatic carboxylic acids is 1. The number of thiophene rings is 1. The minimum absolute atomic E-state index is 0.0157. The molecule has 0 radical (unpaired) electrons. The van der Waals surface area contributed by atoms with Crippen LogP contribution in [0.5, 0.6) is 0 Å². The van der Waals surface area contributed by atoms with E-state index in [2.05, 4.69) is 21.3 Å². The Labute approximate surface area is 180 Å². The van der Waals surface area contributed by atoms with Crippen molar-refractivity contribution in [3.8, 4) is 0 Å². The van der Waals surface area contributed by atoms with Crippen molar-refractivity contribution in [1.82, 2.24) is 15.2 Å². The van der Waals surface area contributed by atoms with Crippen LogP contribution >= 0.6 is 11.3 Å². The Morgan fingerprint density at radius 3 is 2.77 bits per heavy atom. The Balaban J connectivity index is 0.000000339. The van der Waals surface area contributed by atoms with Gasteiger partial charge in [0.15, 0.2) is 0 Å². The van der Waals surface area contributed by atoms with E-state index in [-0.39, 0.29) is 11.3 Å². The predicted octanol–water partition coefficient (Wildman–Crippen LogP) is 2.65. The van der Waals surface area contributed by atoms with E-state index < -0.39 is 12.1 Å². The van der Waals surface area contributed by atoms with Gasteiger partial charge in [0.05, 0.1) is 13.2 Å². The molecule has 0 aromatic carbocycles. The number of nitrogens with zero attached hydrogens (tertiary/aromatic N) is 2. The van der Waals surface area contributed by atoms with E-state index in [1.165, 1.54) is 5.56 Å². The van der Waals surface area contributed by atoms with Gasteiger partial charge in [0.2, 0.25) is 0 Å². The number of amides is 1. The molecule has 2 aromatic rings. The van der Waals surface area contributed by atoms with Gasteiger partial charge in [0.1, 0.15) is 0 Å². The summed E-state index contributed by atoms with van der Waals surface area (Å²) < 4.78 is 37.5. The molecule has 7 nitrogen and oxygen atoms in total. The highest BCUT2D eigenvalue weighted by Gasteiger charge is 2.50. The van der Waals surface area contributed by atoms with E-state index in [0.29, 0.717) is 12.5 Å². The molecule has 1 amide bonds. The number of carbonyl (C=O) groups is 2. The number of halogens is 3. The third-order valence-electron chi connectivity index (χ3n) is 5.35. The van der Waals surface area contributed by atoms with Gasteiger partial charge in [-0.15, -0.1) is 0 Å². The van der Waals surface area contributed by atoms with Crippen LogP contribution in [-0.4, -0.2) is 65.9 Å². The minimum Gasteiger partial charge on any atom is -0.475 e. The molecule has 2 atom stereocenters. The quantitative estimate of drug-likeness (QED) is 0.718. The lowest BCUT2D eigenvalue weighted by atomic mass is 9.81. The van der Waals surface area contributed by atoms with Crippen molar-refractivity contribution < 1.29 is 32.6 Å². The second-order valence-corrected chi connectivity index (χ2v) is 8.38. The Hall–Kier alpha value is -2.50. The maximum Gasteiger partial charge on any atom is 0.490 e. The van der Waals surface area contributed by atoms with Gasteiger partial charge in [-0.25, -0.2) is 4.79 Å². The molecule has 2 N–H and O–H groups in total. The number of carboxylic acid groups (broad SMARTS) is 1. The van der Waals surface area contributed by atoms with Crippen molar-refractivity contribution in [3.05, 3.63) is 52.5 Å². The van der Waals surface area contributed by atoms with Crippen molar-refractivity contribution in [2.45, 2.75) is 12.7 Å². The molecule has 0 unspecified atom stereocenters. The van der Waals surface area contributed by atoms with E-state index in [1.807, 2.05) is 29.1 Å². The van der Waals surface area contributed by atoms with E-state index in [0.717, 1.165) is 38.4 Å². The SMILES string of the molecule is O=C(NC[C@]12COC[C@H]1CN(Cc1cccnc1)C2)c1ccsc1.O=C(O)C(F)(F)F. The van der Waals surface area contributed by atoms with Gasteiger partial charge in [0.25, 0.3) is 5.91 Å². The Bertz CT molecular complexity index is 880. The van der Waals surface area contributed by atoms with Crippen molar-refractivity contribution >= 4 is 23.2 Å². The molecule has 4 heterocycles. The lowest BCUT2D eigenvalue weighted by Gasteiger charge is -2.27. The van der Waals surface area contributed by atoms with Crippen LogP contribution in [0.15, 0.2) is 41.4 Å². The number of hydrogen-bond donors (Lipinski definition) is 2. The summed E-state index contributed by atoms with van der Waals surface area (Å²) in [5.74, 6) is -2.26. The van der Waals surface area contributed by atoms with Gasteiger partial charge in [-0.3, -0.25) is 14.7 Å². The van der Waals surface area contributed by atoms with Crippen LogP contribution in [0.3, 0.4) is 0 Å². The Morgan fingerprint density at radius 1 is 1.39 bits per heavy atom. The summed E-state index contributed by atoms with van der Waals surface area (Å²) in [5.41, 5.74) is 2.02. The first kappa shape index (κ1) is 23.2. The molecule has 168 valence electrons. The molecule has 0 aliphatic carbocycles. The number of carbonyl (C=O) groups excluding carboxylic acids is 1. The number of likely N-dealkylation sites (tertiary alicyclic amines) is 1. The van der Waals surface area contributed by atoms with Crippen LogP contribution in [0.1, 0.15) is 15.9 Å². The van der Waals surface area contributed by atoms with Gasteiger partial charge < -0.3 is 15.2 Å². The molecule has 2 fully saturated rings. The summed E-state index contributed by atoms with van der Waals surface area (Å²) in [7, 11) is 0. The van der Waals surface area contributed by atoms with E-state index in [4.69, 9.17) is 14.6 Å². The molecule has 4 rings (SSSR count). The highest BCUT2D eigenvalue weighted by molar-refractivity contribution is 7.08. The number of ether oxygens (including phenoxy) is 1. The number of pyridine rings is 1. The van der Waals surface area contributed by atoms with Gasteiger partial charge in [0, 0.05) is 60.8 Å². The third kappa shape index (κ3) is 6.02. The summed E-state index contributed by atoms with van der Waals surface area (Å²) in [5, 5.41) is 14.1. The maximum absolute atomic E-state index is 12.3. The Kier molecular flexibility index (Phi) is 7.29. The zero-order chi connectivity index (χ0) is 22.5. The van der Waals surface area contributed by atoms with Crippen LogP contribution in [0.2, 0.25) is 0 Å². The highest BCUT2D eigenvalue weighted by atomic mass is 32.1. The monoisotopic (exact) mass is 457 g/mol. The molecule has 2 saturated heterocycles.